The predicted molar refractivity (Wildman–Crippen MR) is 85.9 cm³/mol. The maximum absolute atomic E-state index is 12.6. The van der Waals surface area contributed by atoms with Crippen LogP contribution in [0.15, 0.2) is 47.4 Å². The number of halogens is 4. The van der Waals surface area contributed by atoms with E-state index in [0.717, 1.165) is 0 Å². The number of methoxy groups -OCH3 is 1. The predicted octanol–water partition coefficient (Wildman–Crippen LogP) is 4.86. The van der Waals surface area contributed by atoms with Crippen molar-refractivity contribution in [2.45, 2.75) is 17.3 Å². The first-order chi connectivity index (χ1) is 11.9. The van der Waals surface area contributed by atoms with E-state index in [1.807, 2.05) is 0 Å². The van der Waals surface area contributed by atoms with E-state index < -0.39 is 18.3 Å². The monoisotopic (exact) mass is 375 g/mol. The Labute approximate surface area is 145 Å². The third-order valence-electron chi connectivity index (χ3n) is 2.99. The first kappa shape index (κ1) is 18.9. The molecule has 0 aliphatic carbocycles. The Bertz CT molecular complexity index is 743. The van der Waals surface area contributed by atoms with Crippen LogP contribution in [0, 0.1) is 0 Å². The van der Waals surface area contributed by atoms with Crippen LogP contribution in [0.25, 0.3) is 0 Å². The summed E-state index contributed by atoms with van der Waals surface area (Å²) in [6.45, 7) is -3.04. The average Bonchev–Trinajstić information content (AvgIpc) is 2.56. The smallest absolute Gasteiger partial charge is 0.387 e. The van der Waals surface area contributed by atoms with Gasteiger partial charge in [-0.1, -0.05) is 23.9 Å². The van der Waals surface area contributed by atoms with E-state index in [4.69, 9.17) is 4.74 Å². The van der Waals surface area contributed by atoms with Crippen molar-refractivity contribution in [2.24, 2.45) is 0 Å². The van der Waals surface area contributed by atoms with Gasteiger partial charge in [-0.05, 0) is 30.3 Å². The number of para-hydroxylation sites is 1. The molecule has 0 heterocycles. The fourth-order valence-corrected chi connectivity index (χ4v) is 2.56. The van der Waals surface area contributed by atoms with Gasteiger partial charge < -0.3 is 14.8 Å². The molecule has 1 amide bonds. The van der Waals surface area contributed by atoms with Gasteiger partial charge >= 0.3 is 6.61 Å². The van der Waals surface area contributed by atoms with Crippen LogP contribution in [0.5, 0.6) is 11.5 Å². The summed E-state index contributed by atoms with van der Waals surface area (Å²) in [6.07, 6.45) is 0. The Morgan fingerprint density at radius 3 is 2.44 bits per heavy atom. The molecule has 134 valence electrons. The van der Waals surface area contributed by atoms with Gasteiger partial charge in [-0.3, -0.25) is 4.79 Å². The summed E-state index contributed by atoms with van der Waals surface area (Å²) in [7, 11) is 1.24. The average molecular weight is 375 g/mol. The third kappa shape index (κ3) is 5.28. The van der Waals surface area contributed by atoms with Crippen LogP contribution in [-0.2, 0) is 0 Å². The van der Waals surface area contributed by atoms with Crippen molar-refractivity contribution in [1.82, 2.24) is 0 Å². The lowest BCUT2D eigenvalue weighted by molar-refractivity contribution is -0.0512. The molecule has 0 saturated heterocycles. The van der Waals surface area contributed by atoms with Gasteiger partial charge in [0.15, 0.2) is 11.5 Å². The first-order valence-corrected chi connectivity index (χ1v) is 7.76. The first-order valence-electron chi connectivity index (χ1n) is 6.88. The van der Waals surface area contributed by atoms with E-state index in [1.165, 1.54) is 37.4 Å². The molecule has 0 radical (unpaired) electrons. The highest BCUT2D eigenvalue weighted by Gasteiger charge is 2.16. The van der Waals surface area contributed by atoms with E-state index in [1.54, 1.807) is 12.1 Å². The molecule has 4 nitrogen and oxygen atoms in total. The number of benzene rings is 2. The SMILES string of the molecule is COc1cc(C(=O)Nc2ccccc2SC(F)F)ccc1OC(F)F. The highest BCUT2D eigenvalue weighted by atomic mass is 32.2. The molecular weight excluding hydrogens is 362 g/mol. The number of hydrogen-bond donors (Lipinski definition) is 1. The van der Waals surface area contributed by atoms with Gasteiger partial charge in [0, 0.05) is 10.5 Å². The number of nitrogens with one attached hydrogen (secondary N) is 1. The number of hydrogen-bond acceptors (Lipinski definition) is 4. The summed E-state index contributed by atoms with van der Waals surface area (Å²) in [5.74, 6) is -3.51. The highest BCUT2D eigenvalue weighted by molar-refractivity contribution is 7.99. The zero-order valence-electron chi connectivity index (χ0n) is 12.8. The Balaban J connectivity index is 2.21. The molecule has 0 spiro atoms. The Morgan fingerprint density at radius 2 is 1.80 bits per heavy atom. The summed E-state index contributed by atoms with van der Waals surface area (Å²) < 4.78 is 59.0. The minimum Gasteiger partial charge on any atom is -0.493 e. The summed E-state index contributed by atoms with van der Waals surface area (Å²) in [4.78, 5) is 12.5. The maximum Gasteiger partial charge on any atom is 0.387 e. The lowest BCUT2D eigenvalue weighted by Gasteiger charge is -2.13. The second-order valence-corrected chi connectivity index (χ2v) is 5.60. The van der Waals surface area contributed by atoms with Gasteiger partial charge in [0.05, 0.1) is 12.8 Å². The van der Waals surface area contributed by atoms with Gasteiger partial charge in [-0.25, -0.2) is 0 Å². The molecular formula is C16H13F4NO3S. The third-order valence-corrected chi connectivity index (χ3v) is 3.78. The molecule has 0 aliphatic rings. The van der Waals surface area contributed by atoms with E-state index >= 15 is 0 Å². The van der Waals surface area contributed by atoms with Crippen LogP contribution >= 0.6 is 11.8 Å². The van der Waals surface area contributed by atoms with Gasteiger partial charge in [-0.2, -0.15) is 17.6 Å². The van der Waals surface area contributed by atoms with Crippen LogP contribution in [0.2, 0.25) is 0 Å². The molecule has 0 bridgehead atoms. The fourth-order valence-electron chi connectivity index (χ4n) is 1.97. The topological polar surface area (TPSA) is 47.6 Å². The zero-order chi connectivity index (χ0) is 18.4. The van der Waals surface area contributed by atoms with Gasteiger partial charge in [0.1, 0.15) is 0 Å². The van der Waals surface area contributed by atoms with Crippen molar-refractivity contribution in [1.29, 1.82) is 0 Å². The molecule has 0 unspecified atom stereocenters. The molecule has 0 saturated carbocycles. The summed E-state index contributed by atoms with van der Waals surface area (Å²) >= 11 is 0.303. The maximum atomic E-state index is 12.6. The Morgan fingerprint density at radius 1 is 1.08 bits per heavy atom. The largest absolute Gasteiger partial charge is 0.493 e. The quantitative estimate of drug-likeness (QED) is 0.554. The number of thioether (sulfide) groups is 1. The highest BCUT2D eigenvalue weighted by Crippen LogP contribution is 2.33. The summed E-state index contributed by atoms with van der Waals surface area (Å²) in [6, 6.07) is 9.74. The number of carbonyl (C=O) groups is 1. The van der Waals surface area contributed by atoms with Crippen molar-refractivity contribution in [3.8, 4) is 11.5 Å². The number of rotatable bonds is 7. The Hall–Kier alpha value is -2.42. The summed E-state index contributed by atoms with van der Waals surface area (Å²) in [5.41, 5.74) is 0.306. The van der Waals surface area contributed by atoms with Crippen LogP contribution in [0.3, 0.4) is 0 Å². The normalized spacial score (nSPS) is 10.8. The van der Waals surface area contributed by atoms with E-state index in [-0.39, 0.29) is 27.6 Å². The second kappa shape index (κ2) is 8.61. The molecule has 2 aromatic rings. The number of alkyl halides is 4. The van der Waals surface area contributed by atoms with Gasteiger partial charge in [-0.15, -0.1) is 0 Å². The van der Waals surface area contributed by atoms with Crippen LogP contribution in [0.1, 0.15) is 10.4 Å². The van der Waals surface area contributed by atoms with Crippen molar-refractivity contribution in [3.05, 3.63) is 48.0 Å². The fraction of sp³-hybridized carbons (Fsp3) is 0.188. The number of amides is 1. The van der Waals surface area contributed by atoms with Crippen molar-refractivity contribution in [3.63, 3.8) is 0 Å². The van der Waals surface area contributed by atoms with Crippen molar-refractivity contribution < 1.29 is 31.8 Å². The lowest BCUT2D eigenvalue weighted by Crippen LogP contribution is -2.13. The molecule has 0 atom stereocenters. The standard InChI is InChI=1S/C16H13F4NO3S/c1-23-12-8-9(6-7-11(12)24-15(17)18)14(22)21-10-4-2-3-5-13(10)25-16(19)20/h2-8,15-16H,1H3,(H,21,22). The molecule has 1 N–H and O–H groups in total. The molecule has 25 heavy (non-hydrogen) atoms. The van der Waals surface area contributed by atoms with Crippen LogP contribution in [-0.4, -0.2) is 25.4 Å². The van der Waals surface area contributed by atoms with Crippen LogP contribution < -0.4 is 14.8 Å². The molecule has 0 fully saturated rings. The van der Waals surface area contributed by atoms with Gasteiger partial charge in [0.2, 0.25) is 0 Å². The van der Waals surface area contributed by atoms with Gasteiger partial charge in [0.25, 0.3) is 11.7 Å². The molecule has 0 aromatic heterocycles. The number of ether oxygens (including phenoxy) is 2. The second-order valence-electron chi connectivity index (χ2n) is 4.57. The van der Waals surface area contributed by atoms with E-state index in [0.29, 0.717) is 11.8 Å². The lowest BCUT2D eigenvalue weighted by atomic mass is 10.2. The van der Waals surface area contributed by atoms with Crippen molar-refractivity contribution in [2.75, 3.05) is 12.4 Å². The molecule has 2 aromatic carbocycles. The minimum atomic E-state index is -3.04. The number of carbonyl (C=O) groups excluding carboxylic acids is 1. The minimum absolute atomic E-state index is 0.0526. The zero-order valence-corrected chi connectivity index (χ0v) is 13.7. The molecule has 9 heteroatoms. The summed E-state index contributed by atoms with van der Waals surface area (Å²) in [5, 5.41) is 2.51. The molecule has 2 rings (SSSR count). The molecule has 0 aliphatic heterocycles. The van der Waals surface area contributed by atoms with Crippen LogP contribution in [0.4, 0.5) is 23.2 Å². The number of anilines is 1. The van der Waals surface area contributed by atoms with E-state index in [9.17, 15) is 22.4 Å². The van der Waals surface area contributed by atoms with E-state index in [2.05, 4.69) is 10.1 Å². The Kier molecular flexibility index (Phi) is 6.51. The van der Waals surface area contributed by atoms with Crippen molar-refractivity contribution >= 4 is 23.4 Å².